The first kappa shape index (κ1) is 16.3. The molecule has 0 spiro atoms. The molecule has 0 bridgehead atoms. The predicted octanol–water partition coefficient (Wildman–Crippen LogP) is 3.56. The fourth-order valence-corrected chi connectivity index (χ4v) is 3.07. The molecule has 2 heterocycles. The van der Waals surface area contributed by atoms with Gasteiger partial charge in [0.1, 0.15) is 12.0 Å². The number of hydrogen-bond donors (Lipinski definition) is 1. The lowest BCUT2D eigenvalue weighted by Crippen LogP contribution is -2.12. The van der Waals surface area contributed by atoms with Crippen LogP contribution in [0.3, 0.4) is 0 Å². The maximum atomic E-state index is 12.4. The SMILES string of the molecule is Cc1nc(-c2ccc(S(=O)(=O)Nc3cc(C(C)C)no3)cc2)co1. The van der Waals surface area contributed by atoms with Gasteiger partial charge in [0.15, 0.2) is 5.89 Å². The molecule has 126 valence electrons. The van der Waals surface area contributed by atoms with E-state index in [-0.39, 0.29) is 16.7 Å². The molecule has 0 saturated carbocycles. The van der Waals surface area contributed by atoms with E-state index < -0.39 is 10.0 Å². The second kappa shape index (κ2) is 6.12. The maximum absolute atomic E-state index is 12.4. The van der Waals surface area contributed by atoms with E-state index >= 15 is 0 Å². The van der Waals surface area contributed by atoms with Gasteiger partial charge in [-0.05, 0) is 18.1 Å². The number of aryl methyl sites for hydroxylation is 1. The monoisotopic (exact) mass is 347 g/mol. The van der Waals surface area contributed by atoms with Gasteiger partial charge in [0.05, 0.1) is 10.6 Å². The van der Waals surface area contributed by atoms with Crippen molar-refractivity contribution in [1.82, 2.24) is 10.1 Å². The first-order valence-corrected chi connectivity index (χ1v) is 8.85. The summed E-state index contributed by atoms with van der Waals surface area (Å²) in [4.78, 5) is 4.32. The predicted molar refractivity (Wildman–Crippen MR) is 88.1 cm³/mol. The summed E-state index contributed by atoms with van der Waals surface area (Å²) in [6.07, 6.45) is 1.53. The molecule has 3 rings (SSSR count). The first-order valence-electron chi connectivity index (χ1n) is 7.37. The Morgan fingerprint density at radius 2 is 1.88 bits per heavy atom. The number of oxazole rings is 1. The van der Waals surface area contributed by atoms with Crippen molar-refractivity contribution in [2.75, 3.05) is 4.72 Å². The van der Waals surface area contributed by atoms with Crippen molar-refractivity contribution >= 4 is 15.9 Å². The van der Waals surface area contributed by atoms with Crippen LogP contribution in [0.2, 0.25) is 0 Å². The van der Waals surface area contributed by atoms with E-state index in [2.05, 4.69) is 14.9 Å². The Labute approximate surface area is 139 Å². The molecule has 1 N–H and O–H groups in total. The van der Waals surface area contributed by atoms with Gasteiger partial charge in [-0.3, -0.25) is 0 Å². The molecule has 0 aliphatic rings. The molecule has 0 unspecified atom stereocenters. The van der Waals surface area contributed by atoms with E-state index in [9.17, 15) is 8.42 Å². The molecule has 0 amide bonds. The van der Waals surface area contributed by atoms with Crippen LogP contribution in [0.1, 0.15) is 31.4 Å². The molecule has 0 saturated heterocycles. The molecule has 8 heteroatoms. The van der Waals surface area contributed by atoms with Gasteiger partial charge in [-0.15, -0.1) is 0 Å². The van der Waals surface area contributed by atoms with Crippen molar-refractivity contribution in [3.8, 4) is 11.3 Å². The van der Waals surface area contributed by atoms with Crippen molar-refractivity contribution in [2.24, 2.45) is 0 Å². The Bertz CT molecular complexity index is 940. The van der Waals surface area contributed by atoms with Crippen LogP contribution in [0, 0.1) is 6.92 Å². The summed E-state index contributed by atoms with van der Waals surface area (Å²) in [5, 5.41) is 3.83. The Kier molecular flexibility index (Phi) is 4.15. The fraction of sp³-hybridized carbons (Fsp3) is 0.250. The van der Waals surface area contributed by atoms with Crippen LogP contribution in [0.4, 0.5) is 5.88 Å². The third-order valence-corrected chi connectivity index (χ3v) is 4.80. The van der Waals surface area contributed by atoms with Gasteiger partial charge >= 0.3 is 0 Å². The van der Waals surface area contributed by atoms with E-state index in [4.69, 9.17) is 8.94 Å². The average molecular weight is 347 g/mol. The van der Waals surface area contributed by atoms with Crippen LogP contribution >= 0.6 is 0 Å². The minimum absolute atomic E-state index is 0.0925. The third kappa shape index (κ3) is 3.33. The quantitative estimate of drug-likeness (QED) is 0.758. The van der Waals surface area contributed by atoms with Crippen molar-refractivity contribution < 1.29 is 17.4 Å². The Hall–Kier alpha value is -2.61. The van der Waals surface area contributed by atoms with Gasteiger partial charge in [0.25, 0.3) is 10.0 Å². The number of nitrogens with zero attached hydrogens (tertiary/aromatic N) is 2. The van der Waals surface area contributed by atoms with Gasteiger partial charge in [0, 0.05) is 18.6 Å². The van der Waals surface area contributed by atoms with Crippen LogP contribution in [0.25, 0.3) is 11.3 Å². The zero-order chi connectivity index (χ0) is 17.3. The topological polar surface area (TPSA) is 98.2 Å². The summed E-state index contributed by atoms with van der Waals surface area (Å²) in [5.74, 6) is 0.793. The number of hydrogen-bond acceptors (Lipinski definition) is 6. The molecule has 0 aliphatic heterocycles. The number of aromatic nitrogens is 2. The summed E-state index contributed by atoms with van der Waals surface area (Å²) in [6, 6.07) is 7.93. The molecule has 24 heavy (non-hydrogen) atoms. The molecule has 3 aromatic rings. The third-order valence-electron chi connectivity index (χ3n) is 3.43. The highest BCUT2D eigenvalue weighted by Crippen LogP contribution is 2.23. The highest BCUT2D eigenvalue weighted by Gasteiger charge is 2.18. The van der Waals surface area contributed by atoms with Crippen LogP contribution in [0.5, 0.6) is 0 Å². The minimum Gasteiger partial charge on any atom is -0.449 e. The molecule has 0 aliphatic carbocycles. The Balaban J connectivity index is 1.81. The largest absolute Gasteiger partial charge is 0.449 e. The van der Waals surface area contributed by atoms with Gasteiger partial charge < -0.3 is 8.94 Å². The Morgan fingerprint density at radius 1 is 1.17 bits per heavy atom. The maximum Gasteiger partial charge on any atom is 0.264 e. The highest BCUT2D eigenvalue weighted by atomic mass is 32.2. The lowest BCUT2D eigenvalue weighted by molar-refractivity contribution is 0.423. The summed E-state index contributed by atoms with van der Waals surface area (Å²) in [6.45, 7) is 5.63. The second-order valence-electron chi connectivity index (χ2n) is 5.65. The molecule has 2 aromatic heterocycles. The van der Waals surface area contributed by atoms with E-state index in [1.165, 1.54) is 18.4 Å². The van der Waals surface area contributed by atoms with E-state index in [0.29, 0.717) is 17.3 Å². The number of nitrogens with one attached hydrogen (secondary N) is 1. The summed E-state index contributed by atoms with van der Waals surface area (Å²) < 4.78 is 37.4. The molecule has 0 atom stereocenters. The van der Waals surface area contributed by atoms with Gasteiger partial charge in [-0.1, -0.05) is 31.1 Å². The lowest BCUT2D eigenvalue weighted by Gasteiger charge is -2.05. The molecule has 0 radical (unpaired) electrons. The first-order chi connectivity index (χ1) is 11.3. The normalized spacial score (nSPS) is 11.8. The van der Waals surface area contributed by atoms with E-state index in [1.54, 1.807) is 25.1 Å². The number of sulfonamides is 1. The zero-order valence-corrected chi connectivity index (χ0v) is 14.3. The van der Waals surface area contributed by atoms with Gasteiger partial charge in [0.2, 0.25) is 5.88 Å². The highest BCUT2D eigenvalue weighted by molar-refractivity contribution is 7.92. The molecule has 0 fully saturated rings. The lowest BCUT2D eigenvalue weighted by atomic mass is 10.1. The number of anilines is 1. The van der Waals surface area contributed by atoms with Crippen LogP contribution in [-0.2, 0) is 10.0 Å². The molecule has 7 nitrogen and oxygen atoms in total. The fourth-order valence-electron chi connectivity index (χ4n) is 2.10. The van der Waals surface area contributed by atoms with Crippen molar-refractivity contribution in [3.63, 3.8) is 0 Å². The molecule has 1 aromatic carbocycles. The standard InChI is InChI=1S/C16H17N3O4S/c1-10(2)14-8-16(23-18-14)19-24(20,21)13-6-4-12(5-7-13)15-9-22-11(3)17-15/h4-10,19H,1-3H3. The van der Waals surface area contributed by atoms with E-state index in [1.807, 2.05) is 13.8 Å². The second-order valence-corrected chi connectivity index (χ2v) is 7.33. The van der Waals surface area contributed by atoms with Crippen molar-refractivity contribution in [1.29, 1.82) is 0 Å². The molecular weight excluding hydrogens is 330 g/mol. The minimum atomic E-state index is -3.75. The summed E-state index contributed by atoms with van der Waals surface area (Å²) >= 11 is 0. The smallest absolute Gasteiger partial charge is 0.264 e. The zero-order valence-electron chi connectivity index (χ0n) is 13.5. The van der Waals surface area contributed by atoms with Crippen molar-refractivity contribution in [3.05, 3.63) is 48.2 Å². The van der Waals surface area contributed by atoms with Crippen LogP contribution in [0.15, 0.2) is 50.4 Å². The van der Waals surface area contributed by atoms with Crippen LogP contribution in [-0.4, -0.2) is 18.6 Å². The van der Waals surface area contributed by atoms with E-state index in [0.717, 1.165) is 5.56 Å². The van der Waals surface area contributed by atoms with Crippen LogP contribution < -0.4 is 4.72 Å². The molecular formula is C16H17N3O4S. The van der Waals surface area contributed by atoms with Crippen molar-refractivity contribution in [2.45, 2.75) is 31.6 Å². The number of benzene rings is 1. The van der Waals surface area contributed by atoms with Gasteiger partial charge in [-0.25, -0.2) is 18.1 Å². The number of rotatable bonds is 5. The average Bonchev–Trinajstić information content (AvgIpc) is 3.16. The Morgan fingerprint density at radius 3 is 2.42 bits per heavy atom. The van der Waals surface area contributed by atoms with Gasteiger partial charge in [-0.2, -0.15) is 0 Å². The summed E-state index contributed by atoms with van der Waals surface area (Å²) in [5.41, 5.74) is 2.11. The summed E-state index contributed by atoms with van der Waals surface area (Å²) in [7, 11) is -3.75.